The summed E-state index contributed by atoms with van der Waals surface area (Å²) in [5, 5.41) is 2.77. The SMILES string of the molecule is CCCC(C)NC(=O)COC(=O)/C=C/c1ccc2c(c1)OCO2. The fourth-order valence-electron chi connectivity index (χ4n) is 2.19. The number of nitrogens with one attached hydrogen (secondary N) is 1. The smallest absolute Gasteiger partial charge is 0.331 e. The van der Waals surface area contributed by atoms with Gasteiger partial charge in [0.15, 0.2) is 18.1 Å². The van der Waals surface area contributed by atoms with E-state index in [1.807, 2.05) is 13.8 Å². The number of esters is 1. The van der Waals surface area contributed by atoms with E-state index in [-0.39, 0.29) is 25.3 Å². The van der Waals surface area contributed by atoms with Gasteiger partial charge in [-0.2, -0.15) is 0 Å². The van der Waals surface area contributed by atoms with Crippen molar-refractivity contribution < 1.29 is 23.8 Å². The second-order valence-electron chi connectivity index (χ2n) is 5.31. The first-order chi connectivity index (χ1) is 11.1. The number of hydrogen-bond acceptors (Lipinski definition) is 5. The van der Waals surface area contributed by atoms with E-state index in [1.54, 1.807) is 24.3 Å². The molecule has 0 aliphatic carbocycles. The first-order valence-corrected chi connectivity index (χ1v) is 7.62. The Hall–Kier alpha value is -2.50. The van der Waals surface area contributed by atoms with Gasteiger partial charge in [-0.1, -0.05) is 19.4 Å². The van der Waals surface area contributed by atoms with Crippen LogP contribution in [0.15, 0.2) is 24.3 Å². The molecule has 0 spiro atoms. The van der Waals surface area contributed by atoms with E-state index in [0.717, 1.165) is 18.4 Å². The normalized spacial score (nSPS) is 13.8. The van der Waals surface area contributed by atoms with E-state index in [1.165, 1.54) is 6.08 Å². The standard InChI is InChI=1S/C17H21NO5/c1-3-4-12(2)18-16(19)10-21-17(20)8-6-13-5-7-14-15(9-13)23-11-22-14/h5-9,12H,3-4,10-11H2,1-2H3,(H,18,19)/b8-6+. The quantitative estimate of drug-likeness (QED) is 0.616. The second-order valence-corrected chi connectivity index (χ2v) is 5.31. The van der Waals surface area contributed by atoms with Crippen LogP contribution in [0.25, 0.3) is 6.08 Å². The highest BCUT2D eigenvalue weighted by Crippen LogP contribution is 2.32. The highest BCUT2D eigenvalue weighted by Gasteiger charge is 2.12. The zero-order chi connectivity index (χ0) is 16.7. The summed E-state index contributed by atoms with van der Waals surface area (Å²) < 4.78 is 15.4. The molecule has 6 heteroatoms. The lowest BCUT2D eigenvalue weighted by Crippen LogP contribution is -2.35. The van der Waals surface area contributed by atoms with Gasteiger partial charge in [-0.25, -0.2) is 4.79 Å². The summed E-state index contributed by atoms with van der Waals surface area (Å²) in [6.45, 7) is 3.89. The predicted octanol–water partition coefficient (Wildman–Crippen LogP) is 2.28. The maximum Gasteiger partial charge on any atom is 0.331 e. The van der Waals surface area contributed by atoms with Gasteiger partial charge in [0.2, 0.25) is 6.79 Å². The van der Waals surface area contributed by atoms with Crippen molar-refractivity contribution in [3.05, 3.63) is 29.8 Å². The van der Waals surface area contributed by atoms with Crippen molar-refractivity contribution >= 4 is 18.0 Å². The van der Waals surface area contributed by atoms with Crippen molar-refractivity contribution in [3.8, 4) is 11.5 Å². The van der Waals surface area contributed by atoms with Gasteiger partial charge in [-0.05, 0) is 37.1 Å². The molecule has 1 aromatic rings. The Morgan fingerprint density at radius 3 is 2.91 bits per heavy atom. The van der Waals surface area contributed by atoms with Gasteiger partial charge in [-0.15, -0.1) is 0 Å². The second kappa shape index (κ2) is 8.22. The molecule has 0 radical (unpaired) electrons. The summed E-state index contributed by atoms with van der Waals surface area (Å²) in [5.41, 5.74) is 0.784. The van der Waals surface area contributed by atoms with Crippen LogP contribution in [0, 0.1) is 0 Å². The van der Waals surface area contributed by atoms with Crippen molar-refractivity contribution in [2.24, 2.45) is 0 Å². The van der Waals surface area contributed by atoms with E-state index in [4.69, 9.17) is 14.2 Å². The van der Waals surface area contributed by atoms with Crippen LogP contribution in [0.5, 0.6) is 11.5 Å². The van der Waals surface area contributed by atoms with E-state index >= 15 is 0 Å². The molecule has 0 saturated heterocycles. The molecule has 1 aliphatic rings. The number of carbonyl (C=O) groups is 2. The van der Waals surface area contributed by atoms with Gasteiger partial charge in [-0.3, -0.25) is 4.79 Å². The molecular weight excluding hydrogens is 298 g/mol. The third-order valence-corrected chi connectivity index (χ3v) is 3.28. The Kier molecular flexibility index (Phi) is 6.02. The fourth-order valence-corrected chi connectivity index (χ4v) is 2.19. The largest absolute Gasteiger partial charge is 0.454 e. The Balaban J connectivity index is 1.77. The molecule has 2 rings (SSSR count). The average molecular weight is 319 g/mol. The first kappa shape index (κ1) is 16.9. The van der Waals surface area contributed by atoms with Gasteiger partial charge < -0.3 is 19.5 Å². The van der Waals surface area contributed by atoms with Crippen LogP contribution < -0.4 is 14.8 Å². The summed E-state index contributed by atoms with van der Waals surface area (Å²) in [4.78, 5) is 23.2. The molecule has 6 nitrogen and oxygen atoms in total. The first-order valence-electron chi connectivity index (χ1n) is 7.62. The molecular formula is C17H21NO5. The van der Waals surface area contributed by atoms with Crippen LogP contribution in [0.1, 0.15) is 32.3 Å². The molecule has 23 heavy (non-hydrogen) atoms. The third kappa shape index (κ3) is 5.32. The highest BCUT2D eigenvalue weighted by atomic mass is 16.7. The summed E-state index contributed by atoms with van der Waals surface area (Å²) in [7, 11) is 0. The number of carbonyl (C=O) groups excluding carboxylic acids is 2. The van der Waals surface area contributed by atoms with Crippen molar-refractivity contribution in [1.29, 1.82) is 0 Å². The average Bonchev–Trinajstić information content (AvgIpc) is 2.98. The molecule has 0 fully saturated rings. The number of rotatable bonds is 7. The zero-order valence-corrected chi connectivity index (χ0v) is 13.3. The number of amides is 1. The molecule has 1 amide bonds. The van der Waals surface area contributed by atoms with Crippen LogP contribution in [0.4, 0.5) is 0 Å². The fraction of sp³-hybridized carbons (Fsp3) is 0.412. The monoisotopic (exact) mass is 319 g/mol. The van der Waals surface area contributed by atoms with Crippen LogP contribution in [-0.4, -0.2) is 31.3 Å². The Labute approximate surface area is 135 Å². The number of benzene rings is 1. The Morgan fingerprint density at radius 2 is 2.13 bits per heavy atom. The summed E-state index contributed by atoms with van der Waals surface area (Å²) in [6, 6.07) is 5.42. The van der Waals surface area contributed by atoms with Gasteiger partial charge in [0.05, 0.1) is 0 Å². The maximum absolute atomic E-state index is 11.6. The highest BCUT2D eigenvalue weighted by molar-refractivity contribution is 5.89. The summed E-state index contributed by atoms with van der Waals surface area (Å²) in [5.74, 6) is 0.462. The molecule has 1 heterocycles. The van der Waals surface area contributed by atoms with Gasteiger partial charge in [0.25, 0.3) is 5.91 Å². The number of fused-ring (bicyclic) bond motifs is 1. The van der Waals surface area contributed by atoms with E-state index in [2.05, 4.69) is 5.32 Å². The number of ether oxygens (including phenoxy) is 3. The van der Waals surface area contributed by atoms with Gasteiger partial charge in [0.1, 0.15) is 0 Å². The summed E-state index contributed by atoms with van der Waals surface area (Å²) in [6.07, 6.45) is 4.76. The van der Waals surface area contributed by atoms with Crippen LogP contribution in [0.2, 0.25) is 0 Å². The van der Waals surface area contributed by atoms with Crippen molar-refractivity contribution in [2.45, 2.75) is 32.7 Å². The minimum Gasteiger partial charge on any atom is -0.454 e. The summed E-state index contributed by atoms with van der Waals surface area (Å²) >= 11 is 0. The van der Waals surface area contributed by atoms with Gasteiger partial charge in [0, 0.05) is 12.1 Å². The van der Waals surface area contributed by atoms with Crippen molar-refractivity contribution in [2.75, 3.05) is 13.4 Å². The lowest BCUT2D eigenvalue weighted by molar-refractivity contribution is -0.144. The third-order valence-electron chi connectivity index (χ3n) is 3.28. The number of hydrogen-bond donors (Lipinski definition) is 1. The molecule has 1 aromatic carbocycles. The molecule has 124 valence electrons. The molecule has 0 bridgehead atoms. The molecule has 0 saturated carbocycles. The lowest BCUT2D eigenvalue weighted by atomic mass is 10.2. The zero-order valence-electron chi connectivity index (χ0n) is 13.3. The van der Waals surface area contributed by atoms with E-state index in [9.17, 15) is 9.59 Å². The van der Waals surface area contributed by atoms with Crippen molar-refractivity contribution in [3.63, 3.8) is 0 Å². The van der Waals surface area contributed by atoms with Crippen LogP contribution >= 0.6 is 0 Å². The van der Waals surface area contributed by atoms with E-state index in [0.29, 0.717) is 11.5 Å². The van der Waals surface area contributed by atoms with Crippen LogP contribution in [-0.2, 0) is 14.3 Å². The minimum atomic E-state index is -0.569. The molecule has 0 aromatic heterocycles. The topological polar surface area (TPSA) is 73.9 Å². The molecule has 1 aliphatic heterocycles. The molecule has 1 atom stereocenters. The van der Waals surface area contributed by atoms with E-state index < -0.39 is 5.97 Å². The lowest BCUT2D eigenvalue weighted by Gasteiger charge is -2.12. The predicted molar refractivity (Wildman–Crippen MR) is 85.1 cm³/mol. The Bertz CT molecular complexity index is 597. The van der Waals surface area contributed by atoms with Crippen molar-refractivity contribution in [1.82, 2.24) is 5.32 Å². The Morgan fingerprint density at radius 1 is 1.35 bits per heavy atom. The maximum atomic E-state index is 11.6. The van der Waals surface area contributed by atoms with Crippen LogP contribution in [0.3, 0.4) is 0 Å². The molecule has 1 N–H and O–H groups in total. The molecule has 1 unspecified atom stereocenters. The van der Waals surface area contributed by atoms with Gasteiger partial charge >= 0.3 is 5.97 Å². The minimum absolute atomic E-state index is 0.0791.